The molecule has 0 aliphatic carbocycles. The second kappa shape index (κ2) is 14.5. The largest absolute Gasteiger partial charge is 0.379 e. The monoisotopic (exact) mass is 549 g/mol. The van der Waals surface area contributed by atoms with Gasteiger partial charge in [0.15, 0.2) is 5.96 Å². The molecule has 8 heteroatoms. The lowest BCUT2D eigenvalue weighted by Crippen LogP contribution is -2.44. The molecule has 0 bridgehead atoms. The Labute approximate surface area is 203 Å². The van der Waals surface area contributed by atoms with Gasteiger partial charge in [-0.2, -0.15) is 0 Å². The van der Waals surface area contributed by atoms with Crippen molar-refractivity contribution in [2.75, 3.05) is 65.6 Å². The Kier molecular flexibility index (Phi) is 12.4. The van der Waals surface area contributed by atoms with E-state index in [0.29, 0.717) is 5.92 Å². The van der Waals surface area contributed by atoms with Crippen LogP contribution in [-0.2, 0) is 11.3 Å². The standard InChI is InChI=1S/C22H36ClN5O.HI/c1-2-24-22(25-9-12-27-13-15-29-16-14-27)26-17-19-7-10-28(11-8-19)18-20-5-3-4-6-21(20)23;/h3-6,19H,2,7-18H2,1H3,(H2,24,25,26);1H. The molecule has 30 heavy (non-hydrogen) atoms. The molecule has 2 heterocycles. The number of guanidine groups is 1. The molecule has 2 aliphatic rings. The van der Waals surface area contributed by atoms with Crippen molar-refractivity contribution in [1.29, 1.82) is 0 Å². The predicted molar refractivity (Wildman–Crippen MR) is 136 cm³/mol. The van der Waals surface area contributed by atoms with Crippen molar-refractivity contribution < 1.29 is 4.74 Å². The van der Waals surface area contributed by atoms with E-state index in [1.807, 2.05) is 12.1 Å². The maximum absolute atomic E-state index is 6.31. The molecule has 6 nitrogen and oxygen atoms in total. The van der Waals surface area contributed by atoms with Gasteiger partial charge in [0.2, 0.25) is 0 Å². The number of likely N-dealkylation sites (tertiary alicyclic amines) is 1. The number of halogens is 2. The number of aliphatic imine (C=N–C) groups is 1. The zero-order valence-electron chi connectivity index (χ0n) is 18.1. The van der Waals surface area contributed by atoms with Gasteiger partial charge in [0, 0.05) is 50.8 Å². The molecule has 0 spiro atoms. The molecular formula is C22H37ClIN5O. The number of hydrogen-bond donors (Lipinski definition) is 2. The van der Waals surface area contributed by atoms with Crippen LogP contribution in [0, 0.1) is 5.92 Å². The molecule has 0 saturated carbocycles. The molecule has 1 aromatic carbocycles. The maximum atomic E-state index is 6.31. The summed E-state index contributed by atoms with van der Waals surface area (Å²) in [5.41, 5.74) is 1.23. The molecule has 2 fully saturated rings. The number of morpholine rings is 1. The van der Waals surface area contributed by atoms with E-state index in [1.165, 1.54) is 18.4 Å². The van der Waals surface area contributed by atoms with Crippen molar-refractivity contribution in [2.24, 2.45) is 10.9 Å². The van der Waals surface area contributed by atoms with Crippen molar-refractivity contribution in [1.82, 2.24) is 20.4 Å². The number of benzene rings is 1. The average molecular weight is 550 g/mol. The highest BCUT2D eigenvalue weighted by atomic mass is 127. The Morgan fingerprint density at radius 1 is 1.10 bits per heavy atom. The SMILES string of the molecule is CCNC(=NCC1CCN(Cc2ccccc2Cl)CC1)NCCN1CCOCC1.I. The maximum Gasteiger partial charge on any atom is 0.191 e. The average Bonchev–Trinajstić information content (AvgIpc) is 2.75. The third kappa shape index (κ3) is 8.86. The highest BCUT2D eigenvalue weighted by Crippen LogP contribution is 2.22. The fourth-order valence-electron chi connectivity index (χ4n) is 3.91. The lowest BCUT2D eigenvalue weighted by molar-refractivity contribution is 0.0389. The number of piperidine rings is 1. The summed E-state index contributed by atoms with van der Waals surface area (Å²) in [6, 6.07) is 8.17. The van der Waals surface area contributed by atoms with Gasteiger partial charge in [-0.15, -0.1) is 24.0 Å². The molecule has 0 atom stereocenters. The third-order valence-electron chi connectivity index (χ3n) is 5.73. The van der Waals surface area contributed by atoms with E-state index < -0.39 is 0 Å². The van der Waals surface area contributed by atoms with Gasteiger partial charge in [-0.3, -0.25) is 14.8 Å². The molecule has 0 unspecified atom stereocenters. The number of nitrogens with one attached hydrogen (secondary N) is 2. The summed E-state index contributed by atoms with van der Waals surface area (Å²) in [5, 5.41) is 7.74. The molecule has 0 aromatic heterocycles. The first-order valence-electron chi connectivity index (χ1n) is 11.0. The van der Waals surface area contributed by atoms with Gasteiger partial charge in [0.1, 0.15) is 0 Å². The molecule has 3 rings (SSSR count). The van der Waals surface area contributed by atoms with Gasteiger partial charge in [0.25, 0.3) is 0 Å². The minimum Gasteiger partial charge on any atom is -0.379 e. The van der Waals surface area contributed by atoms with Crippen LogP contribution in [0.2, 0.25) is 5.02 Å². The molecular weight excluding hydrogens is 513 g/mol. The van der Waals surface area contributed by atoms with Gasteiger partial charge in [-0.25, -0.2) is 0 Å². The van der Waals surface area contributed by atoms with E-state index in [-0.39, 0.29) is 24.0 Å². The van der Waals surface area contributed by atoms with Crippen molar-refractivity contribution in [2.45, 2.75) is 26.3 Å². The molecule has 0 amide bonds. The van der Waals surface area contributed by atoms with E-state index in [0.717, 1.165) is 83.1 Å². The number of rotatable bonds is 8. The quantitative estimate of drug-likeness (QED) is 0.297. The lowest BCUT2D eigenvalue weighted by Gasteiger charge is -2.31. The predicted octanol–water partition coefficient (Wildman–Crippen LogP) is 3.06. The summed E-state index contributed by atoms with van der Waals surface area (Å²) < 4.78 is 5.41. The summed E-state index contributed by atoms with van der Waals surface area (Å²) in [6.45, 7) is 12.8. The minimum absolute atomic E-state index is 0. The highest BCUT2D eigenvalue weighted by molar-refractivity contribution is 14.0. The Bertz CT molecular complexity index is 634. The van der Waals surface area contributed by atoms with Crippen LogP contribution in [-0.4, -0.2) is 81.3 Å². The molecule has 1 aromatic rings. The molecule has 170 valence electrons. The highest BCUT2D eigenvalue weighted by Gasteiger charge is 2.19. The summed E-state index contributed by atoms with van der Waals surface area (Å²) in [6.07, 6.45) is 2.39. The Balaban J connectivity index is 0.00000320. The van der Waals surface area contributed by atoms with Crippen LogP contribution < -0.4 is 10.6 Å². The van der Waals surface area contributed by atoms with Gasteiger partial charge in [-0.05, 0) is 50.4 Å². The normalized spacial score (nSPS) is 19.3. The lowest BCUT2D eigenvalue weighted by atomic mass is 9.96. The van der Waals surface area contributed by atoms with E-state index >= 15 is 0 Å². The molecule has 0 radical (unpaired) electrons. The van der Waals surface area contributed by atoms with Crippen LogP contribution in [0.3, 0.4) is 0 Å². The fraction of sp³-hybridized carbons (Fsp3) is 0.682. The van der Waals surface area contributed by atoms with Crippen molar-refractivity contribution >= 4 is 41.5 Å². The first-order valence-corrected chi connectivity index (χ1v) is 11.4. The topological polar surface area (TPSA) is 52.1 Å². The van der Waals surface area contributed by atoms with Gasteiger partial charge in [0.05, 0.1) is 13.2 Å². The Hall–Kier alpha value is -0.610. The second-order valence-electron chi connectivity index (χ2n) is 7.91. The third-order valence-corrected chi connectivity index (χ3v) is 6.10. The van der Waals surface area contributed by atoms with Crippen LogP contribution in [0.5, 0.6) is 0 Å². The van der Waals surface area contributed by atoms with Gasteiger partial charge >= 0.3 is 0 Å². The molecule has 2 saturated heterocycles. The van der Waals surface area contributed by atoms with E-state index in [9.17, 15) is 0 Å². The van der Waals surface area contributed by atoms with E-state index in [4.69, 9.17) is 21.3 Å². The first kappa shape index (κ1) is 25.6. The summed E-state index contributed by atoms with van der Waals surface area (Å²) in [4.78, 5) is 9.80. The first-order chi connectivity index (χ1) is 14.2. The smallest absolute Gasteiger partial charge is 0.191 e. The number of nitrogens with zero attached hydrogens (tertiary/aromatic N) is 3. The summed E-state index contributed by atoms with van der Waals surface area (Å²) in [7, 11) is 0. The van der Waals surface area contributed by atoms with Crippen molar-refractivity contribution in [3.8, 4) is 0 Å². The van der Waals surface area contributed by atoms with Crippen molar-refractivity contribution in [3.63, 3.8) is 0 Å². The summed E-state index contributed by atoms with van der Waals surface area (Å²) >= 11 is 6.31. The van der Waals surface area contributed by atoms with Crippen LogP contribution in [0.4, 0.5) is 0 Å². The van der Waals surface area contributed by atoms with Crippen molar-refractivity contribution in [3.05, 3.63) is 34.9 Å². The van der Waals surface area contributed by atoms with Crippen LogP contribution >= 0.6 is 35.6 Å². The summed E-state index contributed by atoms with van der Waals surface area (Å²) in [5.74, 6) is 1.60. The minimum atomic E-state index is 0. The number of hydrogen-bond acceptors (Lipinski definition) is 4. The fourth-order valence-corrected chi connectivity index (χ4v) is 4.11. The van der Waals surface area contributed by atoms with Gasteiger partial charge in [-0.1, -0.05) is 29.8 Å². The van der Waals surface area contributed by atoms with Crippen LogP contribution in [0.1, 0.15) is 25.3 Å². The molecule has 2 N–H and O–H groups in total. The zero-order chi connectivity index (χ0) is 20.3. The van der Waals surface area contributed by atoms with Crippen LogP contribution in [0.15, 0.2) is 29.3 Å². The number of ether oxygens (including phenoxy) is 1. The Morgan fingerprint density at radius 2 is 1.83 bits per heavy atom. The Morgan fingerprint density at radius 3 is 2.53 bits per heavy atom. The zero-order valence-corrected chi connectivity index (χ0v) is 21.2. The van der Waals surface area contributed by atoms with E-state index in [1.54, 1.807) is 0 Å². The van der Waals surface area contributed by atoms with Crippen LogP contribution in [0.25, 0.3) is 0 Å². The van der Waals surface area contributed by atoms with Gasteiger partial charge < -0.3 is 15.4 Å². The second-order valence-corrected chi connectivity index (χ2v) is 8.32. The van der Waals surface area contributed by atoms with E-state index in [2.05, 4.69) is 39.5 Å². The molecule has 2 aliphatic heterocycles.